The summed E-state index contributed by atoms with van der Waals surface area (Å²) >= 11 is 0. The fourth-order valence-electron chi connectivity index (χ4n) is 5.97. The minimum absolute atomic E-state index is 0.263. The quantitative estimate of drug-likeness (QED) is 0.356. The molecule has 2 N–H and O–H groups in total. The molecule has 0 amide bonds. The molecule has 3 saturated heterocycles. The van der Waals surface area contributed by atoms with Gasteiger partial charge in [-0.3, -0.25) is 9.59 Å². The first-order chi connectivity index (χ1) is 14.7. The second kappa shape index (κ2) is 7.23. The number of rotatable bonds is 1. The molecule has 7 atom stereocenters. The number of aliphatic hydroxyl groups is 2. The van der Waals surface area contributed by atoms with Crippen LogP contribution in [0, 0.1) is 23.7 Å². The molecule has 7 unspecified atom stereocenters. The Bertz CT molecular complexity index is 944. The molecule has 0 spiro atoms. The lowest BCUT2D eigenvalue weighted by Gasteiger charge is -2.50. The molecule has 1 aliphatic carbocycles. The minimum Gasteiger partial charge on any atom is -0.453 e. The van der Waals surface area contributed by atoms with E-state index in [0.29, 0.717) is 18.6 Å². The molecule has 0 radical (unpaired) electrons. The predicted molar refractivity (Wildman–Crippen MR) is 112 cm³/mol. The van der Waals surface area contributed by atoms with Gasteiger partial charge < -0.3 is 24.4 Å². The van der Waals surface area contributed by atoms with Crippen LogP contribution >= 0.6 is 0 Å². The van der Waals surface area contributed by atoms with Crippen LogP contribution in [0.25, 0.3) is 0 Å². The first kappa shape index (κ1) is 23.1. The van der Waals surface area contributed by atoms with E-state index in [1.807, 2.05) is 19.9 Å². The molecule has 0 aromatic heterocycles. The third-order valence-corrected chi connectivity index (χ3v) is 7.96. The molecular formula is C24H32O8. The van der Waals surface area contributed by atoms with Crippen molar-refractivity contribution in [1.82, 2.24) is 0 Å². The summed E-state index contributed by atoms with van der Waals surface area (Å²) in [4.78, 5) is 37.9. The van der Waals surface area contributed by atoms with Gasteiger partial charge in [-0.15, -0.1) is 0 Å². The van der Waals surface area contributed by atoms with Crippen molar-refractivity contribution >= 4 is 17.7 Å². The van der Waals surface area contributed by atoms with Crippen LogP contribution in [-0.2, 0) is 28.6 Å². The van der Waals surface area contributed by atoms with Gasteiger partial charge in [-0.25, -0.2) is 4.79 Å². The number of esters is 2. The van der Waals surface area contributed by atoms with Crippen molar-refractivity contribution in [3.63, 3.8) is 0 Å². The Balaban J connectivity index is 1.85. The molecule has 8 nitrogen and oxygen atoms in total. The highest BCUT2D eigenvalue weighted by atomic mass is 16.7. The second-order valence-electron chi connectivity index (χ2n) is 10.4. The number of hydrogen-bond donors (Lipinski definition) is 2. The van der Waals surface area contributed by atoms with E-state index in [1.165, 1.54) is 6.92 Å². The smallest absolute Gasteiger partial charge is 0.378 e. The van der Waals surface area contributed by atoms with Gasteiger partial charge in [-0.1, -0.05) is 19.9 Å². The molecule has 0 aromatic carbocycles. The Labute approximate surface area is 187 Å². The Hall–Kier alpha value is -2.03. The lowest BCUT2D eigenvalue weighted by molar-refractivity contribution is -0.214. The van der Waals surface area contributed by atoms with E-state index >= 15 is 0 Å². The number of ketones is 1. The minimum atomic E-state index is -1.87. The van der Waals surface area contributed by atoms with E-state index in [-0.39, 0.29) is 6.42 Å². The molecule has 3 aliphatic heterocycles. The van der Waals surface area contributed by atoms with Gasteiger partial charge in [0.2, 0.25) is 0 Å². The lowest BCUT2D eigenvalue weighted by Crippen LogP contribution is -2.66. The number of allylic oxidation sites excluding steroid dienone is 2. The Morgan fingerprint density at radius 1 is 1.12 bits per heavy atom. The van der Waals surface area contributed by atoms with Gasteiger partial charge >= 0.3 is 11.9 Å². The first-order valence-electron chi connectivity index (χ1n) is 11.2. The number of fused-ring (bicyclic) bond motifs is 1. The molecule has 0 saturated carbocycles. The van der Waals surface area contributed by atoms with Gasteiger partial charge in [0.15, 0.2) is 5.79 Å². The van der Waals surface area contributed by atoms with Crippen LogP contribution in [0.4, 0.5) is 0 Å². The summed E-state index contributed by atoms with van der Waals surface area (Å²) in [6.07, 6.45) is 2.28. The maximum absolute atomic E-state index is 12.8. The van der Waals surface area contributed by atoms with Crippen molar-refractivity contribution in [3.05, 3.63) is 23.0 Å². The Kier molecular flexibility index (Phi) is 5.23. The Morgan fingerprint density at radius 3 is 2.41 bits per heavy atom. The molecule has 32 heavy (non-hydrogen) atoms. The van der Waals surface area contributed by atoms with Crippen molar-refractivity contribution in [2.75, 3.05) is 0 Å². The lowest BCUT2D eigenvalue weighted by atomic mass is 9.63. The van der Waals surface area contributed by atoms with Crippen LogP contribution in [0.2, 0.25) is 0 Å². The molecule has 0 bridgehead atoms. The first-order valence-corrected chi connectivity index (χ1v) is 11.2. The average molecular weight is 449 g/mol. The Morgan fingerprint density at radius 2 is 1.78 bits per heavy atom. The normalized spacial score (nSPS) is 44.5. The van der Waals surface area contributed by atoms with Crippen molar-refractivity contribution in [2.45, 2.75) is 83.9 Å². The zero-order valence-electron chi connectivity index (χ0n) is 19.4. The zero-order valence-corrected chi connectivity index (χ0v) is 19.4. The summed E-state index contributed by atoms with van der Waals surface area (Å²) in [5.74, 6) is -6.13. The third-order valence-electron chi connectivity index (χ3n) is 7.96. The predicted octanol–water partition coefficient (Wildman–Crippen LogP) is 2.17. The molecule has 8 heteroatoms. The molecular weight excluding hydrogens is 416 g/mol. The zero-order chi connectivity index (χ0) is 23.8. The maximum atomic E-state index is 12.8. The van der Waals surface area contributed by atoms with Crippen molar-refractivity contribution in [1.29, 1.82) is 0 Å². The van der Waals surface area contributed by atoms with Crippen LogP contribution in [0.5, 0.6) is 0 Å². The van der Waals surface area contributed by atoms with E-state index in [2.05, 4.69) is 0 Å². The van der Waals surface area contributed by atoms with Crippen LogP contribution in [-0.4, -0.2) is 51.0 Å². The van der Waals surface area contributed by atoms with Crippen molar-refractivity contribution in [2.24, 2.45) is 23.7 Å². The number of carbonyl (C=O) groups is 3. The summed E-state index contributed by atoms with van der Waals surface area (Å²) in [5.41, 5.74) is -1.44. The summed E-state index contributed by atoms with van der Waals surface area (Å²) in [5, 5.41) is 22.3. The molecule has 4 rings (SSSR count). The van der Waals surface area contributed by atoms with E-state index in [4.69, 9.17) is 14.2 Å². The van der Waals surface area contributed by atoms with Crippen LogP contribution < -0.4 is 0 Å². The third kappa shape index (κ3) is 3.10. The largest absolute Gasteiger partial charge is 0.453 e. The fraction of sp³-hybridized carbons (Fsp3) is 0.708. The van der Waals surface area contributed by atoms with Gasteiger partial charge in [0.25, 0.3) is 5.78 Å². The number of hydrogen-bond acceptors (Lipinski definition) is 8. The van der Waals surface area contributed by atoms with Gasteiger partial charge in [-0.05, 0) is 64.0 Å². The van der Waals surface area contributed by atoms with Crippen LogP contribution in [0.15, 0.2) is 23.0 Å². The summed E-state index contributed by atoms with van der Waals surface area (Å²) in [6, 6.07) is 0. The van der Waals surface area contributed by atoms with E-state index < -0.39 is 64.5 Å². The van der Waals surface area contributed by atoms with Crippen LogP contribution in [0.1, 0.15) is 60.8 Å². The highest BCUT2D eigenvalue weighted by molar-refractivity contribution is 6.37. The molecule has 4 aliphatic rings. The molecule has 3 fully saturated rings. The average Bonchev–Trinajstić information content (AvgIpc) is 3.19. The fourth-order valence-corrected chi connectivity index (χ4v) is 5.97. The van der Waals surface area contributed by atoms with Gasteiger partial charge in [0.1, 0.15) is 22.9 Å². The second-order valence-corrected chi connectivity index (χ2v) is 10.4. The molecule has 0 aromatic rings. The van der Waals surface area contributed by atoms with E-state index in [9.17, 15) is 24.6 Å². The van der Waals surface area contributed by atoms with E-state index in [1.54, 1.807) is 20.8 Å². The van der Waals surface area contributed by atoms with Crippen molar-refractivity contribution < 1.29 is 38.8 Å². The number of carbonyl (C=O) groups excluding carboxylic acids is 3. The van der Waals surface area contributed by atoms with Crippen molar-refractivity contribution in [3.8, 4) is 0 Å². The number of Topliss-reactive ketones (excluding diaryl/α,β-unsaturated/α-hetero) is 1. The highest BCUT2D eigenvalue weighted by Crippen LogP contribution is 2.53. The maximum Gasteiger partial charge on any atom is 0.378 e. The van der Waals surface area contributed by atoms with Crippen LogP contribution in [0.3, 0.4) is 0 Å². The van der Waals surface area contributed by atoms with Gasteiger partial charge in [0.05, 0.1) is 12.0 Å². The summed E-state index contributed by atoms with van der Waals surface area (Å²) in [7, 11) is 0. The number of ether oxygens (including phenoxy) is 3. The SMILES string of the molecule is CC1=CCC2C(C)(CCC(C)=C3OC(=O)C4C3C1OC4(C)O)OC(=O)C(=O)C2(O)C(C)C. The topological polar surface area (TPSA) is 119 Å². The van der Waals surface area contributed by atoms with Gasteiger partial charge in [-0.2, -0.15) is 0 Å². The molecule has 3 heterocycles. The standard InChI is InChI=1S/C24H32O8/c1-11(2)24(29)14-8-7-12(3)18-15-16(23(6,28)31-18)20(26)30-17(15)13(4)9-10-22(14,5)32-21(27)19(24)25/h7,11,14-16,18,28-29H,8-10H2,1-6H3. The summed E-state index contributed by atoms with van der Waals surface area (Å²) in [6.45, 7) is 10.3. The highest BCUT2D eigenvalue weighted by Gasteiger charge is 2.64. The monoisotopic (exact) mass is 448 g/mol. The van der Waals surface area contributed by atoms with E-state index in [0.717, 1.165) is 11.1 Å². The molecule has 176 valence electrons. The van der Waals surface area contributed by atoms with Gasteiger partial charge in [0, 0.05) is 5.92 Å². The summed E-state index contributed by atoms with van der Waals surface area (Å²) < 4.78 is 17.2.